The van der Waals surface area contributed by atoms with Crippen LogP contribution in [-0.4, -0.2) is 44.4 Å². The van der Waals surface area contributed by atoms with Crippen molar-refractivity contribution in [2.24, 2.45) is 7.05 Å². The monoisotopic (exact) mass is 427 g/mol. The lowest BCUT2D eigenvalue weighted by atomic mass is 9.88. The number of fused-ring (bicyclic) bond motifs is 3. The van der Waals surface area contributed by atoms with Crippen LogP contribution in [0.15, 0.2) is 48.8 Å². The molecule has 1 aromatic heterocycles. The van der Waals surface area contributed by atoms with Gasteiger partial charge in [-0.1, -0.05) is 33.5 Å². The van der Waals surface area contributed by atoms with Crippen molar-refractivity contribution in [1.29, 1.82) is 0 Å². The minimum atomic E-state index is -3.54. The van der Waals surface area contributed by atoms with E-state index in [1.165, 1.54) is 21.4 Å². The van der Waals surface area contributed by atoms with Crippen molar-refractivity contribution < 1.29 is 18.7 Å². The number of aliphatic hydroxyl groups is 1. The van der Waals surface area contributed by atoms with Gasteiger partial charge in [0.05, 0.1) is 6.20 Å². The molecule has 5 rings (SSSR count). The average molecular weight is 427 g/mol. The van der Waals surface area contributed by atoms with Crippen LogP contribution in [0, 0.1) is 0 Å². The van der Waals surface area contributed by atoms with E-state index in [4.69, 9.17) is 0 Å². The van der Waals surface area contributed by atoms with Gasteiger partial charge in [0.1, 0.15) is 0 Å². The fraction of sp³-hybridized carbons (Fsp3) is 0.273. The Hall–Kier alpha value is -2.63. The maximum atomic E-state index is 14.9. The van der Waals surface area contributed by atoms with Crippen LogP contribution in [0.2, 0.25) is 0 Å². The lowest BCUT2D eigenvalue weighted by molar-refractivity contribution is -0.0964. The molecule has 1 N–H and O–H groups in total. The molecule has 0 bridgehead atoms. The number of aryl methyl sites for hydroxylation is 1. The highest BCUT2D eigenvalue weighted by Gasteiger charge is 2.57. The van der Waals surface area contributed by atoms with Crippen LogP contribution in [0.4, 0.5) is 8.78 Å². The van der Waals surface area contributed by atoms with Crippen molar-refractivity contribution in [3.63, 3.8) is 0 Å². The van der Waals surface area contributed by atoms with E-state index < -0.39 is 11.3 Å². The number of nitrogens with zero attached hydrogens (tertiary/aromatic N) is 3. The third kappa shape index (κ3) is 2.58. The quantitative estimate of drug-likeness (QED) is 0.650. The van der Waals surface area contributed by atoms with Crippen molar-refractivity contribution in [3.05, 3.63) is 65.5 Å². The summed E-state index contributed by atoms with van der Waals surface area (Å²) in [5.41, 5.74) is -3.34. The van der Waals surface area contributed by atoms with Gasteiger partial charge in [0, 0.05) is 48.6 Å². The van der Waals surface area contributed by atoms with Gasteiger partial charge in [-0.2, -0.15) is 13.9 Å². The summed E-state index contributed by atoms with van der Waals surface area (Å²) in [6.07, 6.45) is 4.32. The molecule has 0 saturated carbocycles. The van der Waals surface area contributed by atoms with Gasteiger partial charge in [0.25, 0.3) is 11.6 Å². The molecular formula is C22H20F2N3O2P. The van der Waals surface area contributed by atoms with Gasteiger partial charge in [-0.05, 0) is 35.2 Å². The van der Waals surface area contributed by atoms with Crippen LogP contribution in [0.1, 0.15) is 27.9 Å². The number of amides is 1. The van der Waals surface area contributed by atoms with Gasteiger partial charge in [-0.15, -0.1) is 0 Å². The predicted octanol–water partition coefficient (Wildman–Crippen LogP) is 3.62. The summed E-state index contributed by atoms with van der Waals surface area (Å²) >= 11 is 0. The zero-order valence-electron chi connectivity index (χ0n) is 16.3. The molecule has 2 atom stereocenters. The number of rotatable bonds is 3. The normalized spacial score (nSPS) is 20.0. The molecule has 2 unspecified atom stereocenters. The molecule has 2 aliphatic rings. The average Bonchev–Trinajstić information content (AvgIpc) is 3.20. The van der Waals surface area contributed by atoms with E-state index in [-0.39, 0.29) is 22.6 Å². The Labute approximate surface area is 174 Å². The highest BCUT2D eigenvalue weighted by atomic mass is 31.0. The minimum absolute atomic E-state index is 0.0360. The zero-order chi connectivity index (χ0) is 21.3. The largest absolute Gasteiger partial charge is 0.374 e. The SMILES string of the molecule is Cn1cc(-c2cc(C(=O)N3CCC3)cc3c2-c2ccccc2C3(O)C(F)(F)P)cn1. The molecule has 2 aromatic carbocycles. The van der Waals surface area contributed by atoms with E-state index >= 15 is 0 Å². The predicted molar refractivity (Wildman–Crippen MR) is 112 cm³/mol. The number of hydrogen-bond acceptors (Lipinski definition) is 3. The molecule has 3 aromatic rings. The van der Waals surface area contributed by atoms with Gasteiger partial charge >= 0.3 is 0 Å². The number of alkyl halides is 2. The fourth-order valence-electron chi connectivity index (χ4n) is 4.35. The number of halogens is 2. The summed E-state index contributed by atoms with van der Waals surface area (Å²) in [7, 11) is 3.23. The first-order chi connectivity index (χ1) is 14.2. The molecule has 30 heavy (non-hydrogen) atoms. The molecule has 8 heteroatoms. The lowest BCUT2D eigenvalue weighted by Gasteiger charge is -2.33. The second-order valence-corrected chi connectivity index (χ2v) is 8.60. The van der Waals surface area contributed by atoms with E-state index in [0.29, 0.717) is 35.3 Å². The van der Waals surface area contributed by atoms with Crippen LogP contribution < -0.4 is 0 Å². The number of benzene rings is 2. The van der Waals surface area contributed by atoms with Gasteiger partial charge < -0.3 is 10.0 Å². The lowest BCUT2D eigenvalue weighted by Crippen LogP contribution is -2.43. The van der Waals surface area contributed by atoms with Gasteiger partial charge in [-0.25, -0.2) is 0 Å². The third-order valence-corrected chi connectivity index (χ3v) is 6.42. The molecule has 1 amide bonds. The van der Waals surface area contributed by atoms with E-state index in [1.54, 1.807) is 53.3 Å². The summed E-state index contributed by atoms with van der Waals surface area (Å²) in [5.74, 6) is -0.223. The molecule has 0 radical (unpaired) electrons. The summed E-state index contributed by atoms with van der Waals surface area (Å²) in [4.78, 5) is 14.7. The molecule has 1 fully saturated rings. The van der Waals surface area contributed by atoms with Crippen LogP contribution in [0.5, 0.6) is 0 Å². The van der Waals surface area contributed by atoms with Gasteiger partial charge in [-0.3, -0.25) is 9.48 Å². The number of hydrogen-bond donors (Lipinski definition) is 1. The van der Waals surface area contributed by atoms with Crippen LogP contribution >= 0.6 is 9.24 Å². The zero-order valence-corrected chi connectivity index (χ0v) is 17.4. The minimum Gasteiger partial charge on any atom is -0.374 e. The molecule has 5 nitrogen and oxygen atoms in total. The third-order valence-electron chi connectivity index (χ3n) is 6.00. The van der Waals surface area contributed by atoms with Crippen molar-refractivity contribution in [1.82, 2.24) is 14.7 Å². The van der Waals surface area contributed by atoms with Crippen molar-refractivity contribution in [2.45, 2.75) is 17.7 Å². The van der Waals surface area contributed by atoms with Crippen molar-refractivity contribution >= 4 is 15.1 Å². The Morgan fingerprint density at radius 2 is 1.93 bits per heavy atom. The summed E-state index contributed by atoms with van der Waals surface area (Å²) < 4.78 is 31.4. The molecular weight excluding hydrogens is 407 g/mol. The highest BCUT2D eigenvalue weighted by Crippen LogP contribution is 2.58. The number of likely N-dealkylation sites (tertiary alicyclic amines) is 1. The van der Waals surface area contributed by atoms with Gasteiger partial charge in [0.15, 0.2) is 5.60 Å². The Bertz CT molecular complexity index is 1180. The standard InChI is InChI=1S/C22H20F2N3O2P/c1-26-12-14(11-25-26)16-9-13(20(28)27-7-4-8-27)10-18-19(16)15-5-2-3-6-17(15)21(18,29)22(23,24)30/h2-3,5-6,9-12,29H,4,7-8,30H2,1H3. The van der Waals surface area contributed by atoms with Crippen molar-refractivity contribution in [2.75, 3.05) is 13.1 Å². The van der Waals surface area contributed by atoms with Crippen LogP contribution in [-0.2, 0) is 12.6 Å². The maximum absolute atomic E-state index is 14.9. The van der Waals surface area contributed by atoms with Gasteiger partial charge in [0.2, 0.25) is 0 Å². The number of aromatic nitrogens is 2. The number of carbonyl (C=O) groups excluding carboxylic acids is 1. The molecule has 1 aliphatic carbocycles. The van der Waals surface area contributed by atoms with E-state index in [2.05, 4.69) is 5.10 Å². The van der Waals surface area contributed by atoms with E-state index in [1.807, 2.05) is 0 Å². The molecule has 0 spiro atoms. The molecule has 2 heterocycles. The summed E-state index contributed by atoms with van der Waals surface area (Å²) in [5, 5.41) is 15.6. The number of carbonyl (C=O) groups is 1. The molecule has 1 saturated heterocycles. The topological polar surface area (TPSA) is 58.4 Å². The molecule has 1 aliphatic heterocycles. The Kier molecular flexibility index (Phi) is 4.15. The maximum Gasteiger partial charge on any atom is 0.295 e. The fourth-order valence-corrected chi connectivity index (χ4v) is 4.66. The smallest absolute Gasteiger partial charge is 0.295 e. The second kappa shape index (κ2) is 6.43. The first kappa shape index (κ1) is 19.3. The van der Waals surface area contributed by atoms with E-state index in [0.717, 1.165) is 6.42 Å². The summed E-state index contributed by atoms with van der Waals surface area (Å²) in [6, 6.07) is 9.76. The Balaban J connectivity index is 1.85. The highest BCUT2D eigenvalue weighted by molar-refractivity contribution is 7.18. The second-order valence-electron chi connectivity index (χ2n) is 7.87. The first-order valence-corrected chi connectivity index (χ1v) is 10.3. The van der Waals surface area contributed by atoms with Crippen LogP contribution in [0.3, 0.4) is 0 Å². The van der Waals surface area contributed by atoms with E-state index in [9.17, 15) is 18.7 Å². The van der Waals surface area contributed by atoms with Crippen LogP contribution in [0.25, 0.3) is 22.3 Å². The Morgan fingerprint density at radius 1 is 1.20 bits per heavy atom. The first-order valence-electron chi connectivity index (χ1n) is 9.67. The Morgan fingerprint density at radius 3 is 2.53 bits per heavy atom. The summed E-state index contributed by atoms with van der Waals surface area (Å²) in [6.45, 7) is 1.28. The molecule has 154 valence electrons. The van der Waals surface area contributed by atoms with Crippen molar-refractivity contribution in [3.8, 4) is 22.3 Å².